The van der Waals surface area contributed by atoms with Crippen molar-refractivity contribution in [3.8, 4) is 6.07 Å². The van der Waals surface area contributed by atoms with Crippen LogP contribution >= 0.6 is 0 Å². The second kappa shape index (κ2) is 5.52. The van der Waals surface area contributed by atoms with E-state index in [1.54, 1.807) is 0 Å². The van der Waals surface area contributed by atoms with Crippen molar-refractivity contribution in [3.63, 3.8) is 0 Å². The van der Waals surface area contributed by atoms with Gasteiger partial charge in [-0.3, -0.25) is 0 Å². The van der Waals surface area contributed by atoms with E-state index in [0.717, 1.165) is 24.5 Å². The number of anilines is 1. The van der Waals surface area contributed by atoms with Crippen LogP contribution in [0.2, 0.25) is 0 Å². The first-order valence-corrected chi connectivity index (χ1v) is 6.36. The lowest BCUT2D eigenvalue weighted by Gasteiger charge is -2.25. The van der Waals surface area contributed by atoms with E-state index in [2.05, 4.69) is 5.32 Å². The minimum atomic E-state index is -4.41. The van der Waals surface area contributed by atoms with Gasteiger partial charge in [0.15, 0.2) is 0 Å². The van der Waals surface area contributed by atoms with E-state index in [-0.39, 0.29) is 5.56 Å². The molecule has 2 rings (SSSR count). The van der Waals surface area contributed by atoms with Crippen molar-refractivity contribution in [2.75, 3.05) is 11.9 Å². The van der Waals surface area contributed by atoms with Crippen LogP contribution < -0.4 is 5.32 Å². The fourth-order valence-corrected chi connectivity index (χ4v) is 2.16. The molecule has 1 aromatic carbocycles. The molecule has 0 saturated heterocycles. The van der Waals surface area contributed by atoms with Crippen LogP contribution in [0, 0.1) is 17.2 Å². The molecule has 0 spiro atoms. The average Bonchev–Trinajstić information content (AvgIpc) is 2.31. The maximum absolute atomic E-state index is 12.5. The molecule has 1 aromatic rings. The number of halogens is 3. The van der Waals surface area contributed by atoms with Gasteiger partial charge < -0.3 is 5.32 Å². The van der Waals surface area contributed by atoms with Crippen molar-refractivity contribution in [2.45, 2.75) is 31.9 Å². The summed E-state index contributed by atoms with van der Waals surface area (Å²) in [5, 5.41) is 12.0. The molecule has 0 amide bonds. The third kappa shape index (κ3) is 3.40. The summed E-state index contributed by atoms with van der Waals surface area (Å²) >= 11 is 0. The van der Waals surface area contributed by atoms with Crippen LogP contribution in [-0.4, -0.2) is 6.54 Å². The van der Waals surface area contributed by atoms with Crippen molar-refractivity contribution in [2.24, 2.45) is 5.92 Å². The topological polar surface area (TPSA) is 35.8 Å². The Hall–Kier alpha value is -1.70. The Morgan fingerprint density at radius 3 is 2.58 bits per heavy atom. The summed E-state index contributed by atoms with van der Waals surface area (Å²) in [5.41, 5.74) is -0.258. The van der Waals surface area contributed by atoms with Gasteiger partial charge in [0, 0.05) is 6.54 Å². The zero-order valence-corrected chi connectivity index (χ0v) is 10.4. The van der Waals surface area contributed by atoms with Gasteiger partial charge in [0.05, 0.1) is 16.8 Å². The highest BCUT2D eigenvalue weighted by Gasteiger charge is 2.31. The molecule has 0 bridgehead atoms. The molecule has 2 nitrogen and oxygen atoms in total. The number of benzene rings is 1. The predicted molar refractivity (Wildman–Crippen MR) is 66.6 cm³/mol. The van der Waals surface area contributed by atoms with Crippen LogP contribution in [0.1, 0.15) is 36.8 Å². The van der Waals surface area contributed by atoms with Crippen LogP contribution in [-0.2, 0) is 6.18 Å². The third-order valence-electron chi connectivity index (χ3n) is 3.56. The summed E-state index contributed by atoms with van der Waals surface area (Å²) in [6, 6.07) is 5.05. The summed E-state index contributed by atoms with van der Waals surface area (Å²) in [6.45, 7) is 0.699. The van der Waals surface area contributed by atoms with Crippen molar-refractivity contribution < 1.29 is 13.2 Å². The maximum Gasteiger partial charge on any atom is 0.416 e. The maximum atomic E-state index is 12.5. The van der Waals surface area contributed by atoms with Crippen LogP contribution in [0.3, 0.4) is 0 Å². The molecule has 1 N–H and O–H groups in total. The molecule has 0 aromatic heterocycles. The van der Waals surface area contributed by atoms with Crippen molar-refractivity contribution in [3.05, 3.63) is 29.3 Å². The SMILES string of the molecule is N#Cc1cc(C(F)(F)F)ccc1NCCC1CCC1. The monoisotopic (exact) mass is 268 g/mol. The highest BCUT2D eigenvalue weighted by atomic mass is 19.4. The summed E-state index contributed by atoms with van der Waals surface area (Å²) in [4.78, 5) is 0. The zero-order valence-electron chi connectivity index (χ0n) is 10.4. The van der Waals surface area contributed by atoms with Gasteiger partial charge in [-0.2, -0.15) is 18.4 Å². The quantitative estimate of drug-likeness (QED) is 0.889. The highest BCUT2D eigenvalue weighted by molar-refractivity contribution is 5.58. The Kier molecular flexibility index (Phi) is 3.98. The number of nitriles is 1. The van der Waals surface area contributed by atoms with Crippen molar-refractivity contribution in [1.29, 1.82) is 5.26 Å². The van der Waals surface area contributed by atoms with E-state index in [1.807, 2.05) is 6.07 Å². The summed E-state index contributed by atoms with van der Waals surface area (Å²) in [7, 11) is 0. The molecule has 0 unspecified atom stereocenters. The molecule has 1 aliphatic carbocycles. The fraction of sp³-hybridized carbons (Fsp3) is 0.500. The molecule has 1 aliphatic rings. The molecule has 0 atom stereocenters. The number of rotatable bonds is 4. The molecular weight excluding hydrogens is 253 g/mol. The second-order valence-electron chi connectivity index (χ2n) is 4.88. The van der Waals surface area contributed by atoms with Crippen LogP contribution in [0.25, 0.3) is 0 Å². The summed E-state index contributed by atoms with van der Waals surface area (Å²) in [5.74, 6) is 0.729. The Labute approximate surface area is 110 Å². The standard InChI is InChI=1S/C14H15F3N2/c15-14(16,17)12-4-5-13(11(8-12)9-18)19-7-6-10-2-1-3-10/h4-5,8,10,19H,1-3,6-7H2. The number of alkyl halides is 3. The number of hydrogen-bond acceptors (Lipinski definition) is 2. The third-order valence-corrected chi connectivity index (χ3v) is 3.56. The van der Waals surface area contributed by atoms with Gasteiger partial charge in [-0.1, -0.05) is 19.3 Å². The minimum Gasteiger partial charge on any atom is -0.384 e. The first-order valence-electron chi connectivity index (χ1n) is 6.36. The van der Waals surface area contributed by atoms with Gasteiger partial charge >= 0.3 is 6.18 Å². The second-order valence-corrected chi connectivity index (χ2v) is 4.88. The van der Waals surface area contributed by atoms with Gasteiger partial charge in [0.2, 0.25) is 0 Å². The van der Waals surface area contributed by atoms with E-state index >= 15 is 0 Å². The zero-order chi connectivity index (χ0) is 13.9. The Morgan fingerprint density at radius 1 is 1.32 bits per heavy atom. The molecule has 102 valence electrons. The molecule has 19 heavy (non-hydrogen) atoms. The average molecular weight is 268 g/mol. The lowest BCUT2D eigenvalue weighted by atomic mass is 9.83. The van der Waals surface area contributed by atoms with Gasteiger partial charge in [-0.05, 0) is 30.5 Å². The van der Waals surface area contributed by atoms with E-state index in [4.69, 9.17) is 5.26 Å². The molecule has 1 saturated carbocycles. The largest absolute Gasteiger partial charge is 0.416 e. The van der Waals surface area contributed by atoms with Crippen LogP contribution in [0.4, 0.5) is 18.9 Å². The van der Waals surface area contributed by atoms with Crippen LogP contribution in [0.15, 0.2) is 18.2 Å². The first kappa shape index (κ1) is 13.7. The van der Waals surface area contributed by atoms with E-state index in [0.29, 0.717) is 12.2 Å². The number of hydrogen-bond donors (Lipinski definition) is 1. The van der Waals surface area contributed by atoms with E-state index < -0.39 is 11.7 Å². The number of nitrogens with zero attached hydrogens (tertiary/aromatic N) is 1. The fourth-order valence-electron chi connectivity index (χ4n) is 2.16. The van der Waals surface area contributed by atoms with Crippen molar-refractivity contribution in [1.82, 2.24) is 0 Å². The van der Waals surface area contributed by atoms with Gasteiger partial charge in [0.25, 0.3) is 0 Å². The highest BCUT2D eigenvalue weighted by Crippen LogP contribution is 2.32. The normalized spacial score (nSPS) is 15.7. The predicted octanol–water partition coefficient (Wildman–Crippen LogP) is 4.18. The van der Waals surface area contributed by atoms with Gasteiger partial charge in [-0.15, -0.1) is 0 Å². The molecule has 0 radical (unpaired) electrons. The smallest absolute Gasteiger partial charge is 0.384 e. The van der Waals surface area contributed by atoms with E-state index in [9.17, 15) is 13.2 Å². The van der Waals surface area contributed by atoms with Crippen molar-refractivity contribution >= 4 is 5.69 Å². The van der Waals surface area contributed by atoms with Gasteiger partial charge in [-0.25, -0.2) is 0 Å². The molecule has 5 heteroatoms. The Morgan fingerprint density at radius 2 is 2.05 bits per heavy atom. The Bertz CT molecular complexity index is 484. The lowest BCUT2D eigenvalue weighted by molar-refractivity contribution is -0.137. The Balaban J connectivity index is 2.01. The molecular formula is C14H15F3N2. The van der Waals surface area contributed by atoms with E-state index in [1.165, 1.54) is 25.3 Å². The number of nitrogens with one attached hydrogen (secondary N) is 1. The molecule has 1 fully saturated rings. The first-order chi connectivity index (χ1) is 9.00. The summed E-state index contributed by atoms with van der Waals surface area (Å²) < 4.78 is 37.6. The minimum absolute atomic E-state index is 0.0448. The molecule has 0 heterocycles. The molecule has 0 aliphatic heterocycles. The van der Waals surface area contributed by atoms with Gasteiger partial charge in [0.1, 0.15) is 6.07 Å². The van der Waals surface area contributed by atoms with Crippen LogP contribution in [0.5, 0.6) is 0 Å². The lowest BCUT2D eigenvalue weighted by Crippen LogP contribution is -2.16. The summed E-state index contributed by atoms with van der Waals surface area (Å²) in [6.07, 6.45) is 0.343.